The second kappa shape index (κ2) is 7.65. The van der Waals surface area contributed by atoms with Crippen LogP contribution in [-0.2, 0) is 10.0 Å². The number of hydrogen-bond acceptors (Lipinski definition) is 6. The lowest BCUT2D eigenvalue weighted by Gasteiger charge is -2.34. The lowest BCUT2D eigenvalue weighted by atomic mass is 10.3. The third-order valence-corrected chi connectivity index (χ3v) is 6.05. The van der Waals surface area contributed by atoms with Crippen molar-refractivity contribution in [1.29, 1.82) is 5.26 Å². The summed E-state index contributed by atoms with van der Waals surface area (Å²) in [6.07, 6.45) is -3.39. The Labute approximate surface area is 159 Å². The lowest BCUT2D eigenvalue weighted by molar-refractivity contribution is -0.274. The van der Waals surface area contributed by atoms with Crippen LogP contribution in [0.3, 0.4) is 0 Å². The topological polar surface area (TPSA) is 86.5 Å². The minimum Gasteiger partial charge on any atom is -0.406 e. The summed E-state index contributed by atoms with van der Waals surface area (Å²) in [5, 5.41) is 8.80. The van der Waals surface area contributed by atoms with E-state index in [-0.39, 0.29) is 18.0 Å². The number of nitriles is 1. The van der Waals surface area contributed by atoms with Crippen molar-refractivity contribution >= 4 is 15.8 Å². The van der Waals surface area contributed by atoms with Crippen molar-refractivity contribution in [3.05, 3.63) is 48.2 Å². The molecule has 1 saturated heterocycles. The van der Waals surface area contributed by atoms with E-state index in [0.29, 0.717) is 24.5 Å². The molecule has 0 aliphatic carbocycles. The van der Waals surface area contributed by atoms with Gasteiger partial charge in [0.05, 0.1) is 10.5 Å². The molecule has 1 aromatic carbocycles. The molecule has 7 nitrogen and oxygen atoms in total. The number of hydrogen-bond donors (Lipinski definition) is 0. The van der Waals surface area contributed by atoms with E-state index in [9.17, 15) is 21.6 Å². The molecular formula is C17H15F3N4O3S. The maximum Gasteiger partial charge on any atom is 0.573 e. The molecule has 0 spiro atoms. The normalized spacial score (nSPS) is 15.9. The van der Waals surface area contributed by atoms with Gasteiger partial charge >= 0.3 is 6.36 Å². The molecule has 1 aromatic heterocycles. The Balaban J connectivity index is 1.66. The van der Waals surface area contributed by atoms with Crippen molar-refractivity contribution in [2.24, 2.45) is 0 Å². The predicted octanol–water partition coefficient (Wildman–Crippen LogP) is 2.36. The molecule has 148 valence electrons. The number of nitrogens with zero attached hydrogens (tertiary/aromatic N) is 4. The molecule has 11 heteroatoms. The predicted molar refractivity (Wildman–Crippen MR) is 93.0 cm³/mol. The lowest BCUT2D eigenvalue weighted by Crippen LogP contribution is -2.48. The number of piperazine rings is 1. The molecular weight excluding hydrogens is 397 g/mol. The van der Waals surface area contributed by atoms with Crippen LogP contribution in [-0.4, -0.2) is 50.2 Å². The maximum absolute atomic E-state index is 12.7. The molecule has 2 aromatic rings. The second-order valence-corrected chi connectivity index (χ2v) is 7.87. The average Bonchev–Trinajstić information content (AvgIpc) is 2.67. The van der Waals surface area contributed by atoms with E-state index in [1.165, 1.54) is 10.5 Å². The van der Waals surface area contributed by atoms with Crippen molar-refractivity contribution in [1.82, 2.24) is 9.29 Å². The Bertz CT molecular complexity index is 963. The minimum absolute atomic E-state index is 0.105. The first-order valence-electron chi connectivity index (χ1n) is 8.16. The number of sulfonamides is 1. The molecule has 28 heavy (non-hydrogen) atoms. The number of alkyl halides is 3. The summed E-state index contributed by atoms with van der Waals surface area (Å²) in [5.74, 6) is 0.160. The van der Waals surface area contributed by atoms with Crippen LogP contribution in [0.2, 0.25) is 0 Å². The van der Waals surface area contributed by atoms with E-state index in [4.69, 9.17) is 5.26 Å². The molecule has 1 aliphatic rings. The van der Waals surface area contributed by atoms with E-state index in [0.717, 1.165) is 24.3 Å². The van der Waals surface area contributed by atoms with Crippen LogP contribution in [0.1, 0.15) is 5.56 Å². The zero-order valence-corrected chi connectivity index (χ0v) is 15.2. The Kier molecular flexibility index (Phi) is 5.44. The molecule has 2 heterocycles. The van der Waals surface area contributed by atoms with Crippen molar-refractivity contribution in [3.8, 4) is 11.8 Å². The van der Waals surface area contributed by atoms with Gasteiger partial charge in [-0.1, -0.05) is 0 Å². The summed E-state index contributed by atoms with van der Waals surface area (Å²) in [5.41, 5.74) is 0.433. The molecule has 3 rings (SSSR count). The van der Waals surface area contributed by atoms with E-state index in [1.807, 2.05) is 11.0 Å². The van der Waals surface area contributed by atoms with E-state index in [2.05, 4.69) is 9.72 Å². The van der Waals surface area contributed by atoms with Gasteiger partial charge in [0.15, 0.2) is 0 Å². The molecule has 1 aliphatic heterocycles. The smallest absolute Gasteiger partial charge is 0.406 e. The first-order chi connectivity index (χ1) is 13.2. The van der Waals surface area contributed by atoms with Crippen molar-refractivity contribution < 1.29 is 26.3 Å². The van der Waals surface area contributed by atoms with Gasteiger partial charge in [-0.05, 0) is 36.4 Å². The molecule has 0 N–H and O–H groups in total. The number of halogens is 3. The summed E-state index contributed by atoms with van der Waals surface area (Å²) in [7, 11) is -3.83. The number of ether oxygens (including phenoxy) is 1. The number of aromatic nitrogens is 1. The molecule has 0 saturated carbocycles. The van der Waals surface area contributed by atoms with E-state index >= 15 is 0 Å². The molecule has 0 amide bonds. The largest absolute Gasteiger partial charge is 0.573 e. The fourth-order valence-electron chi connectivity index (χ4n) is 2.76. The SMILES string of the molecule is N#Cc1ccc(N2CCN(S(=O)(=O)c3ccc(OC(F)(F)F)cc3)CC2)nc1. The van der Waals surface area contributed by atoms with Gasteiger partial charge in [-0.25, -0.2) is 13.4 Å². The highest BCUT2D eigenvalue weighted by molar-refractivity contribution is 7.89. The quantitative estimate of drug-likeness (QED) is 0.766. The van der Waals surface area contributed by atoms with Crippen LogP contribution >= 0.6 is 0 Å². The first-order valence-corrected chi connectivity index (χ1v) is 9.60. The van der Waals surface area contributed by atoms with Crippen LogP contribution < -0.4 is 9.64 Å². The number of pyridine rings is 1. The monoisotopic (exact) mass is 412 g/mol. The molecule has 0 bridgehead atoms. The van der Waals surface area contributed by atoms with Gasteiger partial charge in [0.1, 0.15) is 17.6 Å². The second-order valence-electron chi connectivity index (χ2n) is 5.93. The molecule has 1 fully saturated rings. The number of rotatable bonds is 4. The fraction of sp³-hybridized carbons (Fsp3) is 0.294. The average molecular weight is 412 g/mol. The molecule has 0 unspecified atom stereocenters. The Morgan fingerprint density at radius 2 is 1.68 bits per heavy atom. The molecule has 0 radical (unpaired) electrons. The van der Waals surface area contributed by atoms with Gasteiger partial charge in [0.2, 0.25) is 10.0 Å². The number of benzene rings is 1. The summed E-state index contributed by atoms with van der Waals surface area (Å²) >= 11 is 0. The van der Waals surface area contributed by atoms with E-state index in [1.54, 1.807) is 12.1 Å². The Morgan fingerprint density at radius 1 is 1.04 bits per heavy atom. The van der Waals surface area contributed by atoms with Gasteiger partial charge in [-0.2, -0.15) is 9.57 Å². The van der Waals surface area contributed by atoms with Crippen LogP contribution in [0, 0.1) is 11.3 Å². The summed E-state index contributed by atoms with van der Waals surface area (Å²) < 4.78 is 67.1. The van der Waals surface area contributed by atoms with Gasteiger partial charge in [-0.15, -0.1) is 13.2 Å². The summed E-state index contributed by atoms with van der Waals surface area (Å²) in [6, 6.07) is 9.43. The Hall–Kier alpha value is -2.84. The Morgan fingerprint density at radius 3 is 2.18 bits per heavy atom. The van der Waals surface area contributed by atoms with Crippen LogP contribution in [0.4, 0.5) is 19.0 Å². The highest BCUT2D eigenvalue weighted by Crippen LogP contribution is 2.26. The first kappa shape index (κ1) is 19.9. The zero-order chi connectivity index (χ0) is 20.4. The van der Waals surface area contributed by atoms with Gasteiger partial charge in [-0.3, -0.25) is 0 Å². The van der Waals surface area contributed by atoms with Crippen molar-refractivity contribution in [2.75, 3.05) is 31.1 Å². The van der Waals surface area contributed by atoms with Gasteiger partial charge in [0.25, 0.3) is 0 Å². The van der Waals surface area contributed by atoms with Crippen LogP contribution in [0.25, 0.3) is 0 Å². The third kappa shape index (κ3) is 4.52. The fourth-order valence-corrected chi connectivity index (χ4v) is 4.18. The highest BCUT2D eigenvalue weighted by atomic mass is 32.2. The highest BCUT2D eigenvalue weighted by Gasteiger charge is 2.32. The van der Waals surface area contributed by atoms with Crippen molar-refractivity contribution in [3.63, 3.8) is 0 Å². The minimum atomic E-state index is -4.84. The zero-order valence-electron chi connectivity index (χ0n) is 14.4. The number of anilines is 1. The van der Waals surface area contributed by atoms with Gasteiger partial charge < -0.3 is 9.64 Å². The standard InChI is InChI=1S/C17H15F3N4O3S/c18-17(19,20)27-14-2-4-15(5-3-14)28(25,26)24-9-7-23(8-10-24)16-6-1-13(11-21)12-22-16/h1-6,12H,7-10H2. The summed E-state index contributed by atoms with van der Waals surface area (Å²) in [6.45, 7) is 1.19. The van der Waals surface area contributed by atoms with Crippen LogP contribution in [0.15, 0.2) is 47.5 Å². The van der Waals surface area contributed by atoms with E-state index < -0.39 is 22.1 Å². The molecule has 0 atom stereocenters. The van der Waals surface area contributed by atoms with Crippen LogP contribution in [0.5, 0.6) is 5.75 Å². The van der Waals surface area contributed by atoms with Gasteiger partial charge in [0, 0.05) is 32.4 Å². The summed E-state index contributed by atoms with van der Waals surface area (Å²) in [4.78, 5) is 5.98. The maximum atomic E-state index is 12.7. The van der Waals surface area contributed by atoms with Crippen molar-refractivity contribution in [2.45, 2.75) is 11.3 Å². The third-order valence-electron chi connectivity index (χ3n) is 4.13.